The van der Waals surface area contributed by atoms with E-state index in [0.29, 0.717) is 17.2 Å². The van der Waals surface area contributed by atoms with Crippen molar-refractivity contribution in [3.63, 3.8) is 0 Å². The predicted octanol–water partition coefficient (Wildman–Crippen LogP) is 3.54. The van der Waals surface area contributed by atoms with Crippen molar-refractivity contribution in [2.45, 2.75) is 11.4 Å². The lowest BCUT2D eigenvalue weighted by molar-refractivity contribution is -0.116. The standard InChI is InChI=1S/C24H26N2O6S/c1-30-20-11-7-10-19(14-20)25-24(27)17-26(16-18-8-5-4-6-9-18)33(28,29)21-12-13-22(31-2)23(15-21)32-3/h4-15H,16-17H2,1-3H3,(H,25,27). The number of sulfonamides is 1. The Hall–Kier alpha value is -3.56. The molecule has 1 amide bonds. The van der Waals surface area contributed by atoms with Crippen molar-refractivity contribution in [3.05, 3.63) is 78.4 Å². The van der Waals surface area contributed by atoms with Crippen molar-refractivity contribution in [2.75, 3.05) is 33.2 Å². The smallest absolute Gasteiger partial charge is 0.243 e. The fraction of sp³-hybridized carbons (Fsp3) is 0.208. The van der Waals surface area contributed by atoms with E-state index in [4.69, 9.17) is 14.2 Å². The molecule has 0 fully saturated rings. The third-order valence-corrected chi connectivity index (χ3v) is 6.66. The maximum absolute atomic E-state index is 13.5. The number of nitrogens with one attached hydrogen (secondary N) is 1. The van der Waals surface area contributed by atoms with Crippen molar-refractivity contribution in [3.8, 4) is 17.2 Å². The Balaban J connectivity index is 1.90. The summed E-state index contributed by atoms with van der Waals surface area (Å²) in [5.41, 5.74) is 1.25. The van der Waals surface area contributed by atoms with Crippen molar-refractivity contribution in [1.82, 2.24) is 4.31 Å². The molecule has 0 spiro atoms. The zero-order chi connectivity index (χ0) is 23.8. The highest BCUT2D eigenvalue weighted by Crippen LogP contribution is 2.31. The number of ether oxygens (including phenoxy) is 3. The number of carbonyl (C=O) groups excluding carboxylic acids is 1. The van der Waals surface area contributed by atoms with Crippen LogP contribution in [-0.4, -0.2) is 46.5 Å². The molecule has 0 unspecified atom stereocenters. The maximum Gasteiger partial charge on any atom is 0.243 e. The fourth-order valence-corrected chi connectivity index (χ4v) is 4.60. The molecule has 3 aromatic carbocycles. The van der Waals surface area contributed by atoms with E-state index in [9.17, 15) is 13.2 Å². The van der Waals surface area contributed by atoms with Gasteiger partial charge in [0, 0.05) is 24.4 Å². The minimum absolute atomic E-state index is 0.00902. The van der Waals surface area contributed by atoms with Crippen LogP contribution in [0.5, 0.6) is 17.2 Å². The van der Waals surface area contributed by atoms with E-state index in [0.717, 1.165) is 9.87 Å². The van der Waals surface area contributed by atoms with E-state index in [-0.39, 0.29) is 23.7 Å². The van der Waals surface area contributed by atoms with Crippen molar-refractivity contribution in [2.24, 2.45) is 0 Å². The second kappa shape index (κ2) is 10.8. The molecular formula is C24H26N2O6S. The van der Waals surface area contributed by atoms with E-state index >= 15 is 0 Å². The van der Waals surface area contributed by atoms with E-state index in [2.05, 4.69) is 5.32 Å². The molecule has 0 saturated heterocycles. The van der Waals surface area contributed by atoms with Crippen LogP contribution in [0.1, 0.15) is 5.56 Å². The zero-order valence-electron chi connectivity index (χ0n) is 18.6. The Morgan fingerprint density at radius 2 is 1.58 bits per heavy atom. The number of hydrogen-bond acceptors (Lipinski definition) is 6. The molecule has 0 atom stereocenters. The van der Waals surface area contributed by atoms with Crippen LogP contribution in [0.15, 0.2) is 77.7 Å². The average Bonchev–Trinajstić information content (AvgIpc) is 2.83. The predicted molar refractivity (Wildman–Crippen MR) is 125 cm³/mol. The van der Waals surface area contributed by atoms with Gasteiger partial charge < -0.3 is 19.5 Å². The molecule has 3 rings (SSSR count). The van der Waals surface area contributed by atoms with E-state index in [1.807, 2.05) is 18.2 Å². The van der Waals surface area contributed by atoms with Gasteiger partial charge in [-0.05, 0) is 29.8 Å². The summed E-state index contributed by atoms with van der Waals surface area (Å²) in [4.78, 5) is 12.8. The van der Waals surface area contributed by atoms with Gasteiger partial charge in [-0.25, -0.2) is 8.42 Å². The van der Waals surface area contributed by atoms with Gasteiger partial charge in [0.15, 0.2) is 11.5 Å². The lowest BCUT2D eigenvalue weighted by Crippen LogP contribution is -2.37. The maximum atomic E-state index is 13.5. The molecular weight excluding hydrogens is 444 g/mol. The first kappa shape index (κ1) is 24.1. The summed E-state index contributed by atoms with van der Waals surface area (Å²) in [7, 11) is 0.378. The lowest BCUT2D eigenvalue weighted by atomic mass is 10.2. The molecule has 33 heavy (non-hydrogen) atoms. The number of anilines is 1. The number of rotatable bonds is 10. The van der Waals surface area contributed by atoms with Gasteiger partial charge in [0.25, 0.3) is 0 Å². The van der Waals surface area contributed by atoms with Gasteiger partial charge in [0.2, 0.25) is 15.9 Å². The van der Waals surface area contributed by atoms with Gasteiger partial charge in [-0.15, -0.1) is 0 Å². The van der Waals surface area contributed by atoms with Gasteiger partial charge in [-0.2, -0.15) is 4.31 Å². The largest absolute Gasteiger partial charge is 0.497 e. The van der Waals surface area contributed by atoms with Crippen molar-refractivity contribution >= 4 is 21.6 Å². The summed E-state index contributed by atoms with van der Waals surface area (Å²) >= 11 is 0. The third-order valence-electron chi connectivity index (χ3n) is 4.87. The first-order valence-electron chi connectivity index (χ1n) is 10.1. The molecule has 174 valence electrons. The summed E-state index contributed by atoms with van der Waals surface area (Å²) in [6, 6.07) is 20.2. The highest BCUT2D eigenvalue weighted by Gasteiger charge is 2.28. The minimum Gasteiger partial charge on any atom is -0.497 e. The first-order valence-corrected chi connectivity index (χ1v) is 11.5. The molecule has 0 saturated carbocycles. The summed E-state index contributed by atoms with van der Waals surface area (Å²) in [5, 5.41) is 2.73. The average molecular weight is 471 g/mol. The summed E-state index contributed by atoms with van der Waals surface area (Å²) in [6.07, 6.45) is 0. The van der Waals surface area contributed by atoms with Gasteiger partial charge in [-0.1, -0.05) is 36.4 Å². The van der Waals surface area contributed by atoms with Crippen LogP contribution in [0, 0.1) is 0 Å². The quantitative estimate of drug-likeness (QED) is 0.487. The molecule has 9 heteroatoms. The molecule has 0 aliphatic carbocycles. The molecule has 0 radical (unpaired) electrons. The Labute approximate surface area is 193 Å². The lowest BCUT2D eigenvalue weighted by Gasteiger charge is -2.22. The van der Waals surface area contributed by atoms with E-state index in [1.165, 1.54) is 39.5 Å². The van der Waals surface area contributed by atoms with Crippen molar-refractivity contribution in [1.29, 1.82) is 0 Å². The van der Waals surface area contributed by atoms with E-state index < -0.39 is 15.9 Å². The molecule has 0 heterocycles. The number of methoxy groups -OCH3 is 3. The fourth-order valence-electron chi connectivity index (χ4n) is 3.20. The number of benzene rings is 3. The highest BCUT2D eigenvalue weighted by atomic mass is 32.2. The zero-order valence-corrected chi connectivity index (χ0v) is 19.5. The van der Waals surface area contributed by atoms with Crippen LogP contribution in [-0.2, 0) is 21.4 Å². The number of nitrogens with zero attached hydrogens (tertiary/aromatic N) is 1. The van der Waals surface area contributed by atoms with Gasteiger partial charge in [-0.3, -0.25) is 4.79 Å². The Bertz CT molecular complexity index is 1200. The third kappa shape index (κ3) is 6.03. The van der Waals surface area contributed by atoms with Crippen LogP contribution in [0.2, 0.25) is 0 Å². The van der Waals surface area contributed by atoms with E-state index in [1.54, 1.807) is 36.4 Å². The molecule has 3 aromatic rings. The second-order valence-corrected chi connectivity index (χ2v) is 8.99. The summed E-state index contributed by atoms with van der Waals surface area (Å²) in [6.45, 7) is -0.369. The monoisotopic (exact) mass is 470 g/mol. The Morgan fingerprint density at radius 1 is 0.848 bits per heavy atom. The van der Waals surface area contributed by atoms with Gasteiger partial charge in [0.05, 0.1) is 32.8 Å². The molecule has 0 aromatic heterocycles. The molecule has 1 N–H and O–H groups in total. The molecule has 0 bridgehead atoms. The van der Waals surface area contributed by atoms with Crippen molar-refractivity contribution < 1.29 is 27.4 Å². The van der Waals surface area contributed by atoms with Gasteiger partial charge in [0.1, 0.15) is 5.75 Å². The number of hydrogen-bond donors (Lipinski definition) is 1. The molecule has 8 nitrogen and oxygen atoms in total. The SMILES string of the molecule is COc1cccc(NC(=O)CN(Cc2ccccc2)S(=O)(=O)c2ccc(OC)c(OC)c2)c1. The normalized spacial score (nSPS) is 11.2. The van der Waals surface area contributed by atoms with Crippen LogP contribution in [0.4, 0.5) is 5.69 Å². The Kier molecular flexibility index (Phi) is 7.92. The Morgan fingerprint density at radius 3 is 2.24 bits per heavy atom. The van der Waals surface area contributed by atoms with Crippen LogP contribution < -0.4 is 19.5 Å². The topological polar surface area (TPSA) is 94.2 Å². The summed E-state index contributed by atoms with van der Waals surface area (Å²) in [5.74, 6) is 0.774. The molecule has 0 aliphatic rings. The number of amides is 1. The second-order valence-electron chi connectivity index (χ2n) is 7.06. The van der Waals surface area contributed by atoms with Gasteiger partial charge >= 0.3 is 0 Å². The van der Waals surface area contributed by atoms with Crippen LogP contribution >= 0.6 is 0 Å². The van der Waals surface area contributed by atoms with Crippen LogP contribution in [0.25, 0.3) is 0 Å². The highest BCUT2D eigenvalue weighted by molar-refractivity contribution is 7.89. The number of carbonyl (C=O) groups is 1. The first-order chi connectivity index (χ1) is 15.9. The summed E-state index contributed by atoms with van der Waals surface area (Å²) < 4.78 is 43.8. The minimum atomic E-state index is -4.04. The molecule has 0 aliphatic heterocycles. The van der Waals surface area contributed by atoms with Crippen LogP contribution in [0.3, 0.4) is 0 Å².